The maximum Gasteiger partial charge on any atom is 0.416 e. The Morgan fingerprint density at radius 2 is 1.90 bits per heavy atom. The Hall–Kier alpha value is -3.44. The molecule has 0 saturated carbocycles. The highest BCUT2D eigenvalue weighted by Gasteiger charge is 2.31. The molecule has 3 aromatic heterocycles. The minimum absolute atomic E-state index is 0.0356. The first-order valence-electron chi connectivity index (χ1n) is 8.85. The van der Waals surface area contributed by atoms with Crippen LogP contribution in [0.5, 0.6) is 11.6 Å². The molecule has 0 aliphatic heterocycles. The summed E-state index contributed by atoms with van der Waals surface area (Å²) in [5, 5.41) is 20.6. The zero-order valence-corrected chi connectivity index (χ0v) is 16.3. The van der Waals surface area contributed by atoms with Gasteiger partial charge in [-0.15, -0.1) is 15.3 Å². The predicted molar refractivity (Wildman–Crippen MR) is 104 cm³/mol. The number of aromatic nitrogens is 5. The highest BCUT2D eigenvalue weighted by atomic mass is 35.5. The number of aliphatic hydroxyl groups excluding tert-OH is 1. The van der Waals surface area contributed by atoms with E-state index >= 15 is 0 Å². The third kappa shape index (κ3) is 4.23. The first kappa shape index (κ1) is 20.8. The number of ether oxygens (including phenoxy) is 1. The lowest BCUT2D eigenvalue weighted by atomic mass is 10.0. The highest BCUT2D eigenvalue weighted by molar-refractivity contribution is 6.28. The first-order chi connectivity index (χ1) is 14.8. The lowest BCUT2D eigenvalue weighted by Gasteiger charge is -2.15. The lowest BCUT2D eigenvalue weighted by Crippen LogP contribution is -2.20. The van der Waals surface area contributed by atoms with Crippen LogP contribution in [0, 0.1) is 0 Å². The molecule has 0 fully saturated rings. The third-order valence-corrected chi connectivity index (χ3v) is 4.59. The van der Waals surface area contributed by atoms with Crippen molar-refractivity contribution in [2.24, 2.45) is 0 Å². The minimum Gasteiger partial charge on any atom is -0.437 e. The van der Waals surface area contributed by atoms with E-state index in [1.807, 2.05) is 0 Å². The normalized spacial score (nSPS) is 11.8. The number of alkyl halides is 3. The second kappa shape index (κ2) is 8.00. The van der Waals surface area contributed by atoms with Crippen LogP contribution in [0.2, 0.25) is 5.28 Å². The summed E-state index contributed by atoms with van der Waals surface area (Å²) in [4.78, 5) is 11.9. The molecule has 4 rings (SSSR count). The number of hydrogen-bond acceptors (Lipinski definition) is 6. The summed E-state index contributed by atoms with van der Waals surface area (Å²) in [6, 6.07) is 8.62. The van der Waals surface area contributed by atoms with Gasteiger partial charge in [-0.2, -0.15) is 17.7 Å². The van der Waals surface area contributed by atoms with Crippen molar-refractivity contribution in [1.82, 2.24) is 24.4 Å². The zero-order valence-electron chi connectivity index (χ0n) is 15.5. The van der Waals surface area contributed by atoms with Crippen LogP contribution in [-0.4, -0.2) is 36.1 Å². The molecule has 0 amide bonds. The molecule has 0 atom stereocenters. The molecule has 0 aliphatic rings. The van der Waals surface area contributed by atoms with Gasteiger partial charge in [0.25, 0.3) is 5.56 Å². The number of halogens is 4. The van der Waals surface area contributed by atoms with E-state index < -0.39 is 11.7 Å². The van der Waals surface area contributed by atoms with E-state index in [9.17, 15) is 18.0 Å². The molecule has 1 N–H and O–H groups in total. The summed E-state index contributed by atoms with van der Waals surface area (Å²) < 4.78 is 48.0. The molecule has 8 nitrogen and oxygen atoms in total. The minimum atomic E-state index is -4.60. The van der Waals surface area contributed by atoms with Gasteiger partial charge in [0.05, 0.1) is 12.2 Å². The van der Waals surface area contributed by atoms with E-state index in [1.165, 1.54) is 45.6 Å². The molecule has 1 aromatic carbocycles. The standard InChI is InChI=1S/C19H13ClF3N5O3/c20-18-25-24-15-4-5-16(26-28(15)18)31-14-9-12(19(21,22)23)2-3-13(14)11-1-6-17(30)27(10-11)7-8-29/h1-6,9-10,29H,7-8H2. The van der Waals surface area contributed by atoms with Crippen molar-refractivity contribution in [2.45, 2.75) is 12.7 Å². The van der Waals surface area contributed by atoms with Gasteiger partial charge in [0.15, 0.2) is 5.65 Å². The van der Waals surface area contributed by atoms with Gasteiger partial charge in [0.2, 0.25) is 11.2 Å². The van der Waals surface area contributed by atoms with Crippen LogP contribution < -0.4 is 10.3 Å². The van der Waals surface area contributed by atoms with E-state index in [4.69, 9.17) is 21.4 Å². The Morgan fingerprint density at radius 1 is 1.10 bits per heavy atom. The molecule has 12 heteroatoms. The summed E-state index contributed by atoms with van der Waals surface area (Å²) in [5.41, 5.74) is -0.241. The van der Waals surface area contributed by atoms with Gasteiger partial charge in [0.1, 0.15) is 5.75 Å². The summed E-state index contributed by atoms with van der Waals surface area (Å²) in [7, 11) is 0. The summed E-state index contributed by atoms with van der Waals surface area (Å²) >= 11 is 5.89. The van der Waals surface area contributed by atoms with Crippen LogP contribution in [-0.2, 0) is 12.7 Å². The number of rotatable bonds is 5. The molecule has 4 aromatic rings. The Labute approximate surface area is 177 Å². The van der Waals surface area contributed by atoms with Gasteiger partial charge in [-0.25, -0.2) is 0 Å². The Bertz CT molecular complexity index is 1320. The van der Waals surface area contributed by atoms with Crippen LogP contribution in [0.4, 0.5) is 13.2 Å². The summed E-state index contributed by atoms with van der Waals surface area (Å²) in [6.45, 7) is -0.239. The van der Waals surface area contributed by atoms with E-state index in [-0.39, 0.29) is 41.2 Å². The smallest absolute Gasteiger partial charge is 0.416 e. The topological polar surface area (TPSA) is 94.5 Å². The Morgan fingerprint density at radius 3 is 2.65 bits per heavy atom. The van der Waals surface area contributed by atoms with E-state index in [0.717, 1.165) is 12.1 Å². The predicted octanol–water partition coefficient (Wildman–Crippen LogP) is 3.41. The SMILES string of the molecule is O=c1ccc(-c2ccc(C(F)(F)F)cc2Oc2ccc3nnc(Cl)n3n2)cn1CCO. The van der Waals surface area contributed by atoms with Crippen molar-refractivity contribution < 1.29 is 23.0 Å². The fourth-order valence-corrected chi connectivity index (χ4v) is 3.07. The van der Waals surface area contributed by atoms with E-state index in [2.05, 4.69) is 15.3 Å². The van der Waals surface area contributed by atoms with Gasteiger partial charge in [-0.1, -0.05) is 0 Å². The molecule has 3 heterocycles. The molecule has 160 valence electrons. The summed E-state index contributed by atoms with van der Waals surface area (Å²) in [6.07, 6.45) is -3.16. The number of hydrogen-bond donors (Lipinski definition) is 1. The van der Waals surface area contributed by atoms with Crippen LogP contribution in [0.3, 0.4) is 0 Å². The molecule has 0 unspecified atom stereocenters. The first-order valence-corrected chi connectivity index (χ1v) is 9.23. The van der Waals surface area contributed by atoms with Gasteiger partial charge in [-0.05, 0) is 41.9 Å². The molecule has 0 radical (unpaired) electrons. The zero-order chi connectivity index (χ0) is 22.2. The molecule has 31 heavy (non-hydrogen) atoms. The molecule has 0 spiro atoms. The van der Waals surface area contributed by atoms with Crippen molar-refractivity contribution in [3.05, 3.63) is 69.9 Å². The van der Waals surface area contributed by atoms with Crippen molar-refractivity contribution in [3.8, 4) is 22.8 Å². The molecule has 0 saturated heterocycles. The molecular weight excluding hydrogens is 439 g/mol. The maximum absolute atomic E-state index is 13.3. The number of aliphatic hydroxyl groups is 1. The van der Waals surface area contributed by atoms with Gasteiger partial charge >= 0.3 is 6.18 Å². The quantitative estimate of drug-likeness (QED) is 0.499. The summed E-state index contributed by atoms with van der Waals surface area (Å²) in [5.74, 6) is -0.182. The van der Waals surface area contributed by atoms with E-state index in [1.54, 1.807) is 0 Å². The average molecular weight is 452 g/mol. The number of benzene rings is 1. The average Bonchev–Trinajstić information content (AvgIpc) is 3.10. The van der Waals surface area contributed by atoms with Gasteiger partial charge in [-0.3, -0.25) is 4.79 Å². The highest BCUT2D eigenvalue weighted by Crippen LogP contribution is 2.38. The molecule has 0 aliphatic carbocycles. The van der Waals surface area contributed by atoms with Crippen molar-refractivity contribution in [1.29, 1.82) is 0 Å². The van der Waals surface area contributed by atoms with Crippen molar-refractivity contribution in [2.75, 3.05) is 6.61 Å². The third-order valence-electron chi connectivity index (χ3n) is 4.36. The van der Waals surface area contributed by atoms with Crippen LogP contribution >= 0.6 is 11.6 Å². The van der Waals surface area contributed by atoms with Crippen molar-refractivity contribution in [3.63, 3.8) is 0 Å². The second-order valence-electron chi connectivity index (χ2n) is 6.39. The second-order valence-corrected chi connectivity index (χ2v) is 6.73. The number of pyridine rings is 1. The largest absolute Gasteiger partial charge is 0.437 e. The van der Waals surface area contributed by atoms with Crippen LogP contribution in [0.25, 0.3) is 16.8 Å². The fourth-order valence-electron chi connectivity index (χ4n) is 2.91. The fraction of sp³-hybridized carbons (Fsp3) is 0.158. The number of nitrogens with zero attached hydrogens (tertiary/aromatic N) is 5. The Kier molecular flexibility index (Phi) is 5.38. The lowest BCUT2D eigenvalue weighted by molar-refractivity contribution is -0.137. The van der Waals surface area contributed by atoms with Crippen LogP contribution in [0.15, 0.2) is 53.5 Å². The Balaban J connectivity index is 1.83. The number of fused-ring (bicyclic) bond motifs is 1. The van der Waals surface area contributed by atoms with Crippen molar-refractivity contribution >= 4 is 17.2 Å². The maximum atomic E-state index is 13.3. The van der Waals surface area contributed by atoms with E-state index in [0.29, 0.717) is 11.2 Å². The van der Waals surface area contributed by atoms with Gasteiger partial charge < -0.3 is 14.4 Å². The monoisotopic (exact) mass is 451 g/mol. The molecular formula is C19H13ClF3N5O3. The van der Waals surface area contributed by atoms with Gasteiger partial charge in [0, 0.05) is 36.0 Å². The van der Waals surface area contributed by atoms with Crippen LogP contribution in [0.1, 0.15) is 5.56 Å². The molecule has 0 bridgehead atoms.